The lowest BCUT2D eigenvalue weighted by Crippen LogP contribution is -2.58. The highest BCUT2D eigenvalue weighted by Gasteiger charge is 2.33. The summed E-state index contributed by atoms with van der Waals surface area (Å²) in [5, 5.41) is 11.0. The first kappa shape index (κ1) is 32.1. The number of amides is 4. The third-order valence-corrected chi connectivity index (χ3v) is 5.64. The molecule has 11 nitrogen and oxygen atoms in total. The Morgan fingerprint density at radius 3 is 2.30 bits per heavy atom. The van der Waals surface area contributed by atoms with Crippen LogP contribution in [0.1, 0.15) is 74.1 Å². The SMILES string of the molecule is CCC[C@H](NC(=O)[C@@H](NC(C)=O)C(C)OC(C)(C)C)C(=O)N[C@H](/C=C/C(=O)OCC)C[C@@H]1CCNC1=O. The maximum absolute atomic E-state index is 13.3. The van der Waals surface area contributed by atoms with Gasteiger partial charge in [-0.3, -0.25) is 19.2 Å². The van der Waals surface area contributed by atoms with Gasteiger partial charge in [0.05, 0.1) is 18.3 Å². The third kappa shape index (κ3) is 12.2. The van der Waals surface area contributed by atoms with E-state index in [2.05, 4.69) is 21.3 Å². The molecule has 0 aromatic heterocycles. The Morgan fingerprint density at radius 2 is 1.78 bits per heavy atom. The van der Waals surface area contributed by atoms with Crippen LogP contribution in [0.4, 0.5) is 0 Å². The van der Waals surface area contributed by atoms with Gasteiger partial charge in [0, 0.05) is 31.5 Å². The monoisotopic (exact) mass is 524 g/mol. The maximum atomic E-state index is 13.3. The van der Waals surface area contributed by atoms with Crippen LogP contribution in [0, 0.1) is 5.92 Å². The van der Waals surface area contributed by atoms with Crippen molar-refractivity contribution in [3.8, 4) is 0 Å². The highest BCUT2D eigenvalue weighted by atomic mass is 16.5. The molecule has 210 valence electrons. The molecule has 4 N–H and O–H groups in total. The fraction of sp³-hybridized carbons (Fsp3) is 0.731. The van der Waals surface area contributed by atoms with Crippen LogP contribution in [0.3, 0.4) is 0 Å². The van der Waals surface area contributed by atoms with Crippen LogP contribution in [0.25, 0.3) is 0 Å². The van der Waals surface area contributed by atoms with Crippen molar-refractivity contribution in [1.29, 1.82) is 0 Å². The van der Waals surface area contributed by atoms with Crippen molar-refractivity contribution in [2.75, 3.05) is 13.2 Å². The number of carbonyl (C=O) groups excluding carboxylic acids is 5. The van der Waals surface area contributed by atoms with Gasteiger partial charge in [-0.2, -0.15) is 0 Å². The molecule has 37 heavy (non-hydrogen) atoms. The van der Waals surface area contributed by atoms with Gasteiger partial charge in [0.1, 0.15) is 12.1 Å². The number of esters is 1. The molecule has 0 radical (unpaired) electrons. The second-order valence-electron chi connectivity index (χ2n) is 10.2. The van der Waals surface area contributed by atoms with Gasteiger partial charge in [-0.05, 0) is 53.9 Å². The Labute approximate surface area is 219 Å². The molecule has 0 aromatic rings. The van der Waals surface area contributed by atoms with Crippen molar-refractivity contribution >= 4 is 29.6 Å². The molecule has 1 aliphatic rings. The molecule has 1 unspecified atom stereocenters. The molecule has 1 aliphatic heterocycles. The van der Waals surface area contributed by atoms with Crippen LogP contribution in [-0.4, -0.2) is 72.6 Å². The van der Waals surface area contributed by atoms with Crippen molar-refractivity contribution in [3.05, 3.63) is 12.2 Å². The van der Waals surface area contributed by atoms with E-state index in [1.54, 1.807) is 13.8 Å². The topological polar surface area (TPSA) is 152 Å². The first-order valence-corrected chi connectivity index (χ1v) is 13.0. The average molecular weight is 525 g/mol. The van der Waals surface area contributed by atoms with Crippen LogP contribution in [0.15, 0.2) is 12.2 Å². The predicted octanol–water partition coefficient (Wildman–Crippen LogP) is 1.11. The lowest BCUT2D eigenvalue weighted by molar-refractivity contribution is -0.138. The Morgan fingerprint density at radius 1 is 1.11 bits per heavy atom. The number of hydrogen-bond acceptors (Lipinski definition) is 7. The minimum absolute atomic E-state index is 0.104. The summed E-state index contributed by atoms with van der Waals surface area (Å²) < 4.78 is 10.8. The molecule has 1 heterocycles. The summed E-state index contributed by atoms with van der Waals surface area (Å²) in [5.74, 6) is -2.38. The van der Waals surface area contributed by atoms with Gasteiger partial charge in [0.2, 0.25) is 23.6 Å². The van der Waals surface area contributed by atoms with Crippen LogP contribution >= 0.6 is 0 Å². The van der Waals surface area contributed by atoms with Gasteiger partial charge < -0.3 is 30.7 Å². The van der Waals surface area contributed by atoms with Gasteiger partial charge in [-0.15, -0.1) is 0 Å². The highest BCUT2D eigenvalue weighted by Crippen LogP contribution is 2.18. The second kappa shape index (κ2) is 15.3. The number of carbonyl (C=O) groups is 5. The van der Waals surface area contributed by atoms with E-state index in [4.69, 9.17) is 9.47 Å². The minimum atomic E-state index is -1.01. The Balaban J connectivity index is 3.04. The first-order valence-electron chi connectivity index (χ1n) is 13.0. The normalized spacial score (nSPS) is 18.9. The molecule has 0 bridgehead atoms. The Hall–Kier alpha value is -2.95. The van der Waals surface area contributed by atoms with E-state index in [0.717, 1.165) is 0 Å². The predicted molar refractivity (Wildman–Crippen MR) is 138 cm³/mol. The maximum Gasteiger partial charge on any atom is 0.330 e. The minimum Gasteiger partial charge on any atom is -0.463 e. The van der Waals surface area contributed by atoms with E-state index in [1.807, 2.05) is 27.7 Å². The van der Waals surface area contributed by atoms with Crippen molar-refractivity contribution in [2.45, 2.75) is 104 Å². The zero-order chi connectivity index (χ0) is 28.2. The number of nitrogens with one attached hydrogen (secondary N) is 4. The van der Waals surface area contributed by atoms with Crippen molar-refractivity contribution < 1.29 is 33.4 Å². The number of rotatable bonds is 14. The molecule has 11 heteroatoms. The summed E-state index contributed by atoms with van der Waals surface area (Å²) in [6.07, 6.45) is 3.94. The van der Waals surface area contributed by atoms with E-state index < -0.39 is 53.5 Å². The number of ether oxygens (including phenoxy) is 2. The van der Waals surface area contributed by atoms with Crippen LogP contribution in [0.5, 0.6) is 0 Å². The summed E-state index contributed by atoms with van der Waals surface area (Å²) in [4.78, 5) is 62.1. The molecule has 1 fully saturated rings. The first-order chi connectivity index (χ1) is 17.3. The standard InChI is InChI=1S/C26H44N4O7/c1-8-10-20(30-25(35)22(28-17(4)31)16(3)37-26(5,6)7)24(34)29-19(11-12-21(32)36-9-2)15-18-13-14-27-23(18)33/h11-12,16,18-20,22H,8-10,13-15H2,1-7H3,(H,27,33)(H,28,31)(H,29,34)(H,30,35)/b12-11+/t16?,18-,19+,20-,22-/m0/s1. The molecule has 1 rings (SSSR count). The van der Waals surface area contributed by atoms with Crippen molar-refractivity contribution in [3.63, 3.8) is 0 Å². The second-order valence-corrected chi connectivity index (χ2v) is 10.2. The lowest BCUT2D eigenvalue weighted by atomic mass is 9.97. The van der Waals surface area contributed by atoms with Gasteiger partial charge in [-0.1, -0.05) is 19.4 Å². The molecule has 0 spiro atoms. The van der Waals surface area contributed by atoms with Crippen molar-refractivity contribution in [1.82, 2.24) is 21.3 Å². The zero-order valence-corrected chi connectivity index (χ0v) is 23.1. The fourth-order valence-electron chi connectivity index (χ4n) is 4.09. The van der Waals surface area contributed by atoms with E-state index in [0.29, 0.717) is 32.2 Å². The molecule has 0 aliphatic carbocycles. The molecular formula is C26H44N4O7. The molecule has 5 atom stereocenters. The Bertz CT molecular complexity index is 837. The summed E-state index contributed by atoms with van der Waals surface area (Å²) in [6.45, 7) is 12.8. The quantitative estimate of drug-likeness (QED) is 0.196. The fourth-order valence-corrected chi connectivity index (χ4v) is 4.09. The Kier molecular flexibility index (Phi) is 13.3. The van der Waals surface area contributed by atoms with Crippen LogP contribution in [-0.2, 0) is 33.4 Å². The van der Waals surface area contributed by atoms with Gasteiger partial charge >= 0.3 is 5.97 Å². The summed E-state index contributed by atoms with van der Waals surface area (Å²) in [5.41, 5.74) is -0.554. The summed E-state index contributed by atoms with van der Waals surface area (Å²) >= 11 is 0. The third-order valence-electron chi connectivity index (χ3n) is 5.64. The van der Waals surface area contributed by atoms with Gasteiger partial charge in [0.15, 0.2) is 0 Å². The molecule has 4 amide bonds. The van der Waals surface area contributed by atoms with E-state index in [1.165, 1.54) is 19.1 Å². The summed E-state index contributed by atoms with van der Waals surface area (Å²) in [7, 11) is 0. The lowest BCUT2D eigenvalue weighted by Gasteiger charge is -2.31. The molecule has 1 saturated heterocycles. The van der Waals surface area contributed by atoms with E-state index in [-0.39, 0.29) is 18.4 Å². The van der Waals surface area contributed by atoms with E-state index in [9.17, 15) is 24.0 Å². The van der Waals surface area contributed by atoms with Crippen molar-refractivity contribution in [2.24, 2.45) is 5.92 Å². The molecule has 0 saturated carbocycles. The van der Waals surface area contributed by atoms with E-state index >= 15 is 0 Å². The van der Waals surface area contributed by atoms with Gasteiger partial charge in [0.25, 0.3) is 0 Å². The molecular weight excluding hydrogens is 480 g/mol. The largest absolute Gasteiger partial charge is 0.463 e. The van der Waals surface area contributed by atoms with Gasteiger partial charge in [-0.25, -0.2) is 4.79 Å². The molecule has 0 aromatic carbocycles. The number of hydrogen-bond donors (Lipinski definition) is 4. The summed E-state index contributed by atoms with van der Waals surface area (Å²) in [6, 6.07) is -2.53. The smallest absolute Gasteiger partial charge is 0.330 e. The van der Waals surface area contributed by atoms with Crippen LogP contribution in [0.2, 0.25) is 0 Å². The highest BCUT2D eigenvalue weighted by molar-refractivity contribution is 5.92. The van der Waals surface area contributed by atoms with Crippen LogP contribution < -0.4 is 21.3 Å². The zero-order valence-electron chi connectivity index (χ0n) is 23.1. The average Bonchev–Trinajstić information content (AvgIpc) is 3.18.